The molecule has 1 amide bonds. The van der Waals surface area contributed by atoms with Gasteiger partial charge in [0.25, 0.3) is 0 Å². The summed E-state index contributed by atoms with van der Waals surface area (Å²) in [5.74, 6) is 0. The van der Waals surface area contributed by atoms with E-state index in [4.69, 9.17) is 14.6 Å². The maximum Gasteiger partial charge on any atom is 0.515 e. The van der Waals surface area contributed by atoms with Crippen LogP contribution < -0.4 is 4.90 Å². The fourth-order valence-electron chi connectivity index (χ4n) is 1.44. The lowest BCUT2D eigenvalue weighted by Crippen LogP contribution is -3.17. The smallest absolute Gasteiger partial charge is 0.414 e. The minimum Gasteiger partial charge on any atom is -0.414 e. The molecular weight excluding hydrogens is 198 g/mol. The first-order valence-electron chi connectivity index (χ1n) is 5.23. The standard InChI is InChI=1S/C10H19NO4/c1-10(2,3)15-9(13)11-4-5-14-8(6-11)7-12/h8,12H,4-7H2,1-3H3/p+1/t8-/m0/s1. The predicted octanol–water partition coefficient (Wildman–Crippen LogP) is -0.802. The van der Waals surface area contributed by atoms with E-state index in [1.807, 2.05) is 20.8 Å². The number of hydrogen-bond donors (Lipinski definition) is 2. The number of hydrogen-bond acceptors (Lipinski definition) is 4. The molecule has 0 aromatic carbocycles. The molecule has 15 heavy (non-hydrogen) atoms. The molecule has 0 saturated carbocycles. The number of quaternary nitrogens is 1. The molecule has 5 heteroatoms. The SMILES string of the molecule is CC(C)(C)OC(=O)[NH+]1CCO[C@H](CO)C1. The van der Waals surface area contributed by atoms with E-state index in [-0.39, 0.29) is 18.8 Å². The summed E-state index contributed by atoms with van der Waals surface area (Å²) in [7, 11) is 0. The van der Waals surface area contributed by atoms with Gasteiger partial charge in [0.2, 0.25) is 0 Å². The van der Waals surface area contributed by atoms with Crippen LogP contribution in [0.5, 0.6) is 0 Å². The minimum atomic E-state index is -0.461. The van der Waals surface area contributed by atoms with E-state index < -0.39 is 5.60 Å². The molecule has 1 rings (SSSR count). The van der Waals surface area contributed by atoms with Crippen molar-refractivity contribution >= 4 is 6.09 Å². The fraction of sp³-hybridized carbons (Fsp3) is 0.900. The zero-order chi connectivity index (χ0) is 11.5. The van der Waals surface area contributed by atoms with E-state index in [0.29, 0.717) is 19.7 Å². The summed E-state index contributed by atoms with van der Waals surface area (Å²) in [6, 6.07) is 0. The molecule has 5 nitrogen and oxygen atoms in total. The Morgan fingerprint density at radius 3 is 2.80 bits per heavy atom. The molecule has 0 spiro atoms. The largest absolute Gasteiger partial charge is 0.515 e. The maximum atomic E-state index is 11.7. The number of aliphatic hydroxyl groups excluding tert-OH is 1. The molecule has 1 saturated heterocycles. The van der Waals surface area contributed by atoms with E-state index in [9.17, 15) is 4.79 Å². The van der Waals surface area contributed by atoms with Crippen LogP contribution in [-0.2, 0) is 9.47 Å². The summed E-state index contributed by atoms with van der Waals surface area (Å²) >= 11 is 0. The van der Waals surface area contributed by atoms with Crippen molar-refractivity contribution < 1.29 is 24.3 Å². The highest BCUT2D eigenvalue weighted by Crippen LogP contribution is 2.05. The Kier molecular flexibility index (Phi) is 4.07. The van der Waals surface area contributed by atoms with Crippen molar-refractivity contribution in [3.63, 3.8) is 0 Å². The number of amides is 1. The van der Waals surface area contributed by atoms with Crippen molar-refractivity contribution in [2.24, 2.45) is 0 Å². The van der Waals surface area contributed by atoms with Crippen molar-refractivity contribution in [3.8, 4) is 0 Å². The summed E-state index contributed by atoms with van der Waals surface area (Å²) in [6.07, 6.45) is -0.509. The van der Waals surface area contributed by atoms with Crippen LogP contribution in [0.2, 0.25) is 0 Å². The third kappa shape index (κ3) is 4.15. The van der Waals surface area contributed by atoms with Crippen molar-refractivity contribution in [1.82, 2.24) is 0 Å². The first kappa shape index (κ1) is 12.4. The molecule has 0 aliphatic carbocycles. The zero-order valence-corrected chi connectivity index (χ0v) is 9.58. The lowest BCUT2D eigenvalue weighted by molar-refractivity contribution is -0.839. The summed E-state index contributed by atoms with van der Waals surface area (Å²) in [5.41, 5.74) is -0.461. The van der Waals surface area contributed by atoms with E-state index >= 15 is 0 Å². The highest BCUT2D eigenvalue weighted by molar-refractivity contribution is 5.57. The second-order valence-electron chi connectivity index (χ2n) is 4.73. The number of carbonyl (C=O) groups is 1. The van der Waals surface area contributed by atoms with Crippen LogP contribution in [-0.4, -0.2) is 49.2 Å². The first-order valence-corrected chi connectivity index (χ1v) is 5.23. The lowest BCUT2D eigenvalue weighted by atomic mass is 10.2. The fourth-order valence-corrected chi connectivity index (χ4v) is 1.44. The third-order valence-electron chi connectivity index (χ3n) is 2.12. The third-order valence-corrected chi connectivity index (χ3v) is 2.12. The summed E-state index contributed by atoms with van der Waals surface area (Å²) in [6.45, 7) is 7.04. The van der Waals surface area contributed by atoms with Crippen LogP contribution in [0.4, 0.5) is 4.79 Å². The van der Waals surface area contributed by atoms with Crippen LogP contribution >= 0.6 is 0 Å². The second kappa shape index (κ2) is 4.92. The van der Waals surface area contributed by atoms with E-state index in [1.54, 1.807) is 0 Å². The van der Waals surface area contributed by atoms with Crippen molar-refractivity contribution in [1.29, 1.82) is 0 Å². The Bertz CT molecular complexity index is 224. The first-order chi connectivity index (χ1) is 6.92. The number of rotatable bonds is 1. The molecule has 1 heterocycles. The molecule has 1 aliphatic rings. The topological polar surface area (TPSA) is 60.2 Å². The Morgan fingerprint density at radius 1 is 1.60 bits per heavy atom. The highest BCUT2D eigenvalue weighted by Gasteiger charge is 2.32. The Hall–Kier alpha value is -0.650. The van der Waals surface area contributed by atoms with Crippen molar-refractivity contribution in [2.75, 3.05) is 26.3 Å². The van der Waals surface area contributed by atoms with Gasteiger partial charge < -0.3 is 14.6 Å². The van der Waals surface area contributed by atoms with Crippen LogP contribution in [0.3, 0.4) is 0 Å². The summed E-state index contributed by atoms with van der Waals surface area (Å²) in [4.78, 5) is 12.4. The summed E-state index contributed by atoms with van der Waals surface area (Å²) in [5, 5.41) is 8.93. The molecule has 0 aromatic rings. The number of carbonyl (C=O) groups excluding carboxylic acids is 1. The highest BCUT2D eigenvalue weighted by atomic mass is 16.6. The summed E-state index contributed by atoms with van der Waals surface area (Å²) < 4.78 is 10.5. The minimum absolute atomic E-state index is 0.0493. The van der Waals surface area contributed by atoms with Crippen LogP contribution in [0, 0.1) is 0 Å². The molecule has 1 aliphatic heterocycles. The average Bonchev–Trinajstić information content (AvgIpc) is 2.15. The van der Waals surface area contributed by atoms with Gasteiger partial charge in [-0.15, -0.1) is 0 Å². The van der Waals surface area contributed by atoms with Gasteiger partial charge in [0, 0.05) is 0 Å². The van der Waals surface area contributed by atoms with Crippen molar-refractivity contribution in [3.05, 3.63) is 0 Å². The van der Waals surface area contributed by atoms with E-state index in [1.165, 1.54) is 0 Å². The van der Waals surface area contributed by atoms with E-state index in [2.05, 4.69) is 0 Å². The lowest BCUT2D eigenvalue weighted by Gasteiger charge is -2.28. The molecule has 2 N–H and O–H groups in total. The van der Waals surface area contributed by atoms with Gasteiger partial charge in [-0.1, -0.05) is 0 Å². The predicted molar refractivity (Wildman–Crippen MR) is 53.8 cm³/mol. The number of morpholine rings is 1. The molecule has 2 atom stereocenters. The van der Waals surface area contributed by atoms with E-state index in [0.717, 1.165) is 4.90 Å². The van der Waals surface area contributed by atoms with Gasteiger partial charge in [-0.05, 0) is 20.8 Å². The van der Waals surface area contributed by atoms with Crippen molar-refractivity contribution in [2.45, 2.75) is 32.5 Å². The molecule has 0 radical (unpaired) electrons. The van der Waals surface area contributed by atoms with Gasteiger partial charge in [-0.2, -0.15) is 4.79 Å². The number of aliphatic hydroxyl groups is 1. The normalized spacial score (nSPS) is 27.5. The molecule has 88 valence electrons. The molecule has 1 unspecified atom stereocenters. The van der Waals surface area contributed by atoms with Crippen LogP contribution in [0.1, 0.15) is 20.8 Å². The van der Waals surface area contributed by atoms with Crippen LogP contribution in [0.15, 0.2) is 0 Å². The van der Waals surface area contributed by atoms with Gasteiger partial charge in [-0.25, -0.2) is 4.90 Å². The van der Waals surface area contributed by atoms with Gasteiger partial charge >= 0.3 is 6.09 Å². The Balaban J connectivity index is 2.45. The Morgan fingerprint density at radius 2 is 2.27 bits per heavy atom. The monoisotopic (exact) mass is 218 g/mol. The van der Waals surface area contributed by atoms with Gasteiger partial charge in [-0.3, -0.25) is 0 Å². The van der Waals surface area contributed by atoms with Gasteiger partial charge in [0.05, 0.1) is 13.2 Å². The second-order valence-corrected chi connectivity index (χ2v) is 4.73. The zero-order valence-electron chi connectivity index (χ0n) is 9.58. The van der Waals surface area contributed by atoms with Crippen LogP contribution in [0.25, 0.3) is 0 Å². The quantitative estimate of drug-likeness (QED) is 0.605. The molecule has 0 aromatic heterocycles. The average molecular weight is 218 g/mol. The molecule has 1 fully saturated rings. The number of nitrogens with one attached hydrogen (secondary N) is 1. The Labute approximate surface area is 90.0 Å². The molecular formula is C10H20NO4+. The molecule has 0 bridgehead atoms. The maximum absolute atomic E-state index is 11.7. The number of ether oxygens (including phenoxy) is 2. The number of alkyl carbamates (subject to hydrolysis) is 2. The van der Waals surface area contributed by atoms with Gasteiger partial charge in [0.1, 0.15) is 24.8 Å². The van der Waals surface area contributed by atoms with Gasteiger partial charge in [0.15, 0.2) is 0 Å².